The van der Waals surface area contributed by atoms with Gasteiger partial charge in [0.15, 0.2) is 0 Å². The van der Waals surface area contributed by atoms with Crippen LogP contribution in [-0.2, 0) is 11.2 Å². The summed E-state index contributed by atoms with van der Waals surface area (Å²) in [6.07, 6.45) is -0.234. The third-order valence-electron chi connectivity index (χ3n) is 3.83. The molecule has 110 valence electrons. The van der Waals surface area contributed by atoms with Gasteiger partial charge in [0.25, 0.3) is 0 Å². The Morgan fingerprint density at radius 3 is 2.90 bits per heavy atom. The molecule has 0 aromatic heterocycles. The van der Waals surface area contributed by atoms with Gasteiger partial charge in [-0.1, -0.05) is 41.9 Å². The van der Waals surface area contributed by atoms with Crippen LogP contribution in [0.5, 0.6) is 5.75 Å². The Labute approximate surface area is 129 Å². The second-order valence-corrected chi connectivity index (χ2v) is 5.49. The summed E-state index contributed by atoms with van der Waals surface area (Å²) in [6, 6.07) is 13.4. The van der Waals surface area contributed by atoms with Gasteiger partial charge in [-0.2, -0.15) is 0 Å². The summed E-state index contributed by atoms with van der Waals surface area (Å²) in [5.74, 6) is 0.553. The molecule has 1 N–H and O–H groups in total. The Hall–Kier alpha value is -1.55. The van der Waals surface area contributed by atoms with Gasteiger partial charge in [-0.05, 0) is 35.2 Å². The summed E-state index contributed by atoms with van der Waals surface area (Å²) in [7, 11) is 1.56. The summed E-state index contributed by atoms with van der Waals surface area (Å²) in [5, 5.41) is 11.2. The molecule has 21 heavy (non-hydrogen) atoms. The number of hydrogen-bond donors (Lipinski definition) is 1. The van der Waals surface area contributed by atoms with E-state index in [1.165, 1.54) is 5.56 Å². The van der Waals surface area contributed by atoms with E-state index in [0.717, 1.165) is 17.5 Å². The van der Waals surface area contributed by atoms with Gasteiger partial charge in [0, 0.05) is 0 Å². The molecule has 0 saturated carbocycles. The highest BCUT2D eigenvalue weighted by molar-refractivity contribution is 6.32. The smallest absolute Gasteiger partial charge is 0.137 e. The van der Waals surface area contributed by atoms with E-state index >= 15 is 0 Å². The van der Waals surface area contributed by atoms with Gasteiger partial charge >= 0.3 is 0 Å². The van der Waals surface area contributed by atoms with Crippen LogP contribution in [-0.4, -0.2) is 18.8 Å². The Morgan fingerprint density at radius 2 is 2.10 bits per heavy atom. The number of hydrogen-bond acceptors (Lipinski definition) is 3. The number of benzene rings is 2. The minimum Gasteiger partial charge on any atom is -0.495 e. The number of ether oxygens (including phenoxy) is 2. The minimum absolute atomic E-state index is 0.360. The molecular weight excluding hydrogens is 288 g/mol. The average molecular weight is 305 g/mol. The molecule has 3 rings (SSSR count). The van der Waals surface area contributed by atoms with Crippen molar-refractivity contribution >= 4 is 11.6 Å². The molecule has 1 heterocycles. The minimum atomic E-state index is -0.752. The van der Waals surface area contributed by atoms with Crippen molar-refractivity contribution in [3.63, 3.8) is 0 Å². The van der Waals surface area contributed by atoms with E-state index < -0.39 is 6.10 Å². The molecule has 2 aromatic rings. The van der Waals surface area contributed by atoms with Crippen molar-refractivity contribution in [1.82, 2.24) is 0 Å². The zero-order valence-corrected chi connectivity index (χ0v) is 12.5. The fraction of sp³-hybridized carbons (Fsp3) is 0.294. The molecule has 0 aliphatic carbocycles. The van der Waals surface area contributed by atoms with E-state index in [0.29, 0.717) is 17.4 Å². The maximum absolute atomic E-state index is 10.7. The molecule has 2 atom stereocenters. The largest absolute Gasteiger partial charge is 0.495 e. The molecular formula is C17H17ClO3. The molecule has 4 heteroatoms. The number of methoxy groups -OCH3 is 1. The first-order valence-electron chi connectivity index (χ1n) is 6.91. The highest BCUT2D eigenvalue weighted by Crippen LogP contribution is 2.38. The third-order valence-corrected chi connectivity index (χ3v) is 4.15. The van der Waals surface area contributed by atoms with Gasteiger partial charge in [0.1, 0.15) is 18.0 Å². The fourth-order valence-electron chi connectivity index (χ4n) is 2.72. The standard InChI is InChI=1S/C17H17ClO3/c1-20-15-10-12(6-7-14(15)18)16(19)17-13-5-3-2-4-11(13)8-9-21-17/h2-7,10,16-17,19H,8-9H2,1H3. The predicted molar refractivity (Wildman–Crippen MR) is 81.8 cm³/mol. The van der Waals surface area contributed by atoms with Crippen molar-refractivity contribution in [1.29, 1.82) is 0 Å². The quantitative estimate of drug-likeness (QED) is 0.940. The summed E-state index contributed by atoms with van der Waals surface area (Å²) in [4.78, 5) is 0. The predicted octanol–water partition coefficient (Wildman–Crippen LogP) is 3.70. The van der Waals surface area contributed by atoms with Crippen molar-refractivity contribution < 1.29 is 14.6 Å². The van der Waals surface area contributed by atoms with Crippen molar-refractivity contribution in [2.75, 3.05) is 13.7 Å². The second kappa shape index (κ2) is 6.06. The van der Waals surface area contributed by atoms with Crippen LogP contribution in [0.1, 0.15) is 28.9 Å². The summed E-state index contributed by atoms with van der Waals surface area (Å²) in [6.45, 7) is 0.615. The van der Waals surface area contributed by atoms with E-state index in [9.17, 15) is 5.11 Å². The molecule has 0 saturated heterocycles. The SMILES string of the molecule is COc1cc(C(O)C2OCCc3ccccc32)ccc1Cl. The maximum atomic E-state index is 10.7. The van der Waals surface area contributed by atoms with E-state index in [-0.39, 0.29) is 6.10 Å². The van der Waals surface area contributed by atoms with Crippen molar-refractivity contribution in [2.24, 2.45) is 0 Å². The lowest BCUT2D eigenvalue weighted by Gasteiger charge is -2.30. The lowest BCUT2D eigenvalue weighted by atomic mass is 9.91. The molecule has 0 bridgehead atoms. The Bertz CT molecular complexity index is 642. The first-order chi connectivity index (χ1) is 10.2. The zero-order chi connectivity index (χ0) is 14.8. The van der Waals surface area contributed by atoms with Crippen molar-refractivity contribution in [3.8, 4) is 5.75 Å². The number of rotatable bonds is 3. The van der Waals surface area contributed by atoms with Crippen LogP contribution in [0.25, 0.3) is 0 Å². The fourth-order valence-corrected chi connectivity index (χ4v) is 2.92. The highest BCUT2D eigenvalue weighted by Gasteiger charge is 2.28. The molecule has 1 aliphatic rings. The van der Waals surface area contributed by atoms with Crippen LogP contribution in [0.3, 0.4) is 0 Å². The number of halogens is 1. The lowest BCUT2D eigenvalue weighted by Crippen LogP contribution is -2.22. The van der Waals surface area contributed by atoms with Crippen LogP contribution in [0.2, 0.25) is 5.02 Å². The summed E-state index contributed by atoms with van der Waals surface area (Å²) >= 11 is 6.03. The Balaban J connectivity index is 1.94. The lowest BCUT2D eigenvalue weighted by molar-refractivity contribution is -0.0483. The zero-order valence-electron chi connectivity index (χ0n) is 11.8. The molecule has 0 radical (unpaired) electrons. The molecule has 0 fully saturated rings. The van der Waals surface area contributed by atoms with Gasteiger partial charge in [0.2, 0.25) is 0 Å². The van der Waals surface area contributed by atoms with Crippen LogP contribution in [0.15, 0.2) is 42.5 Å². The first-order valence-corrected chi connectivity index (χ1v) is 7.29. The van der Waals surface area contributed by atoms with Crippen molar-refractivity contribution in [2.45, 2.75) is 18.6 Å². The summed E-state index contributed by atoms with van der Waals surface area (Å²) < 4.78 is 11.0. The Morgan fingerprint density at radius 1 is 1.29 bits per heavy atom. The molecule has 0 spiro atoms. The summed E-state index contributed by atoms with van der Waals surface area (Å²) in [5.41, 5.74) is 3.01. The van der Waals surface area contributed by atoms with E-state index in [2.05, 4.69) is 6.07 Å². The Kier molecular flexibility index (Phi) is 4.15. The van der Waals surface area contributed by atoms with Gasteiger partial charge in [0.05, 0.1) is 18.7 Å². The van der Waals surface area contributed by atoms with Crippen LogP contribution >= 0.6 is 11.6 Å². The van der Waals surface area contributed by atoms with Crippen LogP contribution < -0.4 is 4.74 Å². The van der Waals surface area contributed by atoms with Gasteiger partial charge < -0.3 is 14.6 Å². The number of aliphatic hydroxyl groups excluding tert-OH is 1. The van der Waals surface area contributed by atoms with E-state index in [1.54, 1.807) is 25.3 Å². The van der Waals surface area contributed by atoms with Crippen molar-refractivity contribution in [3.05, 3.63) is 64.2 Å². The first kappa shape index (κ1) is 14.4. The highest BCUT2D eigenvalue weighted by atomic mass is 35.5. The molecule has 2 unspecified atom stereocenters. The number of aliphatic hydroxyl groups is 1. The molecule has 1 aliphatic heterocycles. The topological polar surface area (TPSA) is 38.7 Å². The van der Waals surface area contributed by atoms with Crippen LogP contribution in [0, 0.1) is 0 Å². The maximum Gasteiger partial charge on any atom is 0.137 e. The third kappa shape index (κ3) is 2.77. The van der Waals surface area contributed by atoms with Gasteiger partial charge in [-0.3, -0.25) is 0 Å². The molecule has 2 aromatic carbocycles. The van der Waals surface area contributed by atoms with E-state index in [1.807, 2.05) is 18.2 Å². The van der Waals surface area contributed by atoms with E-state index in [4.69, 9.17) is 21.1 Å². The molecule has 0 amide bonds. The van der Waals surface area contributed by atoms with Gasteiger partial charge in [-0.25, -0.2) is 0 Å². The monoisotopic (exact) mass is 304 g/mol. The molecule has 3 nitrogen and oxygen atoms in total. The normalized spacial score (nSPS) is 18.9. The average Bonchev–Trinajstić information content (AvgIpc) is 2.54. The van der Waals surface area contributed by atoms with Gasteiger partial charge in [-0.15, -0.1) is 0 Å². The van der Waals surface area contributed by atoms with Crippen LogP contribution in [0.4, 0.5) is 0 Å². The number of fused-ring (bicyclic) bond motifs is 1. The second-order valence-electron chi connectivity index (χ2n) is 5.08.